The molecule has 0 aromatic heterocycles. The monoisotopic (exact) mass is 242 g/mol. The maximum atomic E-state index is 13.8. The number of benzene rings is 1. The second kappa shape index (κ2) is 5.08. The third kappa shape index (κ3) is 2.31. The third-order valence-electron chi connectivity index (χ3n) is 3.13. The fraction of sp³-hybridized carbons (Fsp3) is 0.500. The van der Waals surface area contributed by atoms with Crippen molar-refractivity contribution in [3.8, 4) is 0 Å². The molecule has 1 aliphatic heterocycles. The van der Waals surface area contributed by atoms with Crippen LogP contribution in [-0.4, -0.2) is 37.7 Å². The Morgan fingerprint density at radius 2 is 2.06 bits per heavy atom. The van der Waals surface area contributed by atoms with Gasteiger partial charge in [0.05, 0.1) is 18.8 Å². The molecule has 0 radical (unpaired) electrons. The van der Waals surface area contributed by atoms with Crippen LogP contribution in [0, 0.1) is 11.6 Å². The first-order valence-electron chi connectivity index (χ1n) is 5.61. The average Bonchev–Trinajstić information content (AvgIpc) is 2.30. The van der Waals surface area contributed by atoms with Crippen LogP contribution in [0.5, 0.6) is 0 Å². The minimum atomic E-state index is -0.550. The molecule has 0 amide bonds. The van der Waals surface area contributed by atoms with Crippen LogP contribution in [0.25, 0.3) is 0 Å². The number of likely N-dealkylation sites (N-methyl/N-ethyl adjacent to an activating group) is 1. The second-order valence-electron chi connectivity index (χ2n) is 4.21. The van der Waals surface area contributed by atoms with Crippen molar-refractivity contribution >= 4 is 0 Å². The Labute approximate surface area is 99.2 Å². The molecular weight excluding hydrogens is 226 g/mol. The van der Waals surface area contributed by atoms with Gasteiger partial charge in [0.15, 0.2) is 0 Å². The van der Waals surface area contributed by atoms with E-state index in [9.17, 15) is 8.78 Å². The zero-order chi connectivity index (χ0) is 12.4. The van der Waals surface area contributed by atoms with E-state index >= 15 is 0 Å². The number of morpholine rings is 1. The smallest absolute Gasteiger partial charge is 0.131 e. The summed E-state index contributed by atoms with van der Waals surface area (Å²) in [5.41, 5.74) is 5.64. The molecular formula is C12H16F2N2O. The van der Waals surface area contributed by atoms with Crippen LogP contribution in [0.1, 0.15) is 11.6 Å². The molecule has 17 heavy (non-hydrogen) atoms. The zero-order valence-electron chi connectivity index (χ0n) is 9.70. The van der Waals surface area contributed by atoms with E-state index in [0.29, 0.717) is 13.2 Å². The molecule has 0 bridgehead atoms. The molecule has 0 aliphatic carbocycles. The highest BCUT2D eigenvalue weighted by Gasteiger charge is 2.34. The van der Waals surface area contributed by atoms with Gasteiger partial charge in [0.2, 0.25) is 0 Å². The minimum absolute atomic E-state index is 0.0464. The molecule has 1 aliphatic rings. The van der Waals surface area contributed by atoms with E-state index in [1.165, 1.54) is 18.2 Å². The summed E-state index contributed by atoms with van der Waals surface area (Å²) >= 11 is 0. The Morgan fingerprint density at radius 1 is 1.41 bits per heavy atom. The van der Waals surface area contributed by atoms with Gasteiger partial charge in [-0.05, 0) is 19.2 Å². The van der Waals surface area contributed by atoms with E-state index in [-0.39, 0.29) is 18.2 Å². The molecule has 1 fully saturated rings. The fourth-order valence-electron chi connectivity index (χ4n) is 2.26. The van der Waals surface area contributed by atoms with Gasteiger partial charge in [-0.3, -0.25) is 4.90 Å². The Morgan fingerprint density at radius 3 is 2.65 bits per heavy atom. The average molecular weight is 242 g/mol. The highest BCUT2D eigenvalue weighted by atomic mass is 19.1. The van der Waals surface area contributed by atoms with Gasteiger partial charge >= 0.3 is 0 Å². The summed E-state index contributed by atoms with van der Waals surface area (Å²) in [5, 5.41) is 0. The normalized spacial score (nSPS) is 26.1. The van der Waals surface area contributed by atoms with Crippen LogP contribution in [0.3, 0.4) is 0 Å². The molecule has 2 rings (SSSR count). The van der Waals surface area contributed by atoms with Crippen molar-refractivity contribution in [3.05, 3.63) is 35.4 Å². The summed E-state index contributed by atoms with van der Waals surface area (Å²) in [4.78, 5) is 1.88. The van der Waals surface area contributed by atoms with Crippen molar-refractivity contribution < 1.29 is 13.5 Å². The van der Waals surface area contributed by atoms with Crippen molar-refractivity contribution in [2.24, 2.45) is 5.73 Å². The molecule has 1 aromatic carbocycles. The summed E-state index contributed by atoms with van der Waals surface area (Å²) in [5.74, 6) is -1.10. The van der Waals surface area contributed by atoms with Gasteiger partial charge in [-0.25, -0.2) is 8.78 Å². The van der Waals surface area contributed by atoms with Crippen LogP contribution < -0.4 is 5.73 Å². The zero-order valence-corrected chi connectivity index (χ0v) is 9.70. The van der Waals surface area contributed by atoms with Crippen LogP contribution in [0.2, 0.25) is 0 Å². The van der Waals surface area contributed by atoms with E-state index in [4.69, 9.17) is 10.5 Å². The first kappa shape index (κ1) is 12.4. The first-order chi connectivity index (χ1) is 8.15. The van der Waals surface area contributed by atoms with E-state index in [1.807, 2.05) is 11.9 Å². The topological polar surface area (TPSA) is 38.5 Å². The van der Waals surface area contributed by atoms with Gasteiger partial charge < -0.3 is 10.5 Å². The van der Waals surface area contributed by atoms with Crippen molar-refractivity contribution in [1.29, 1.82) is 0 Å². The van der Waals surface area contributed by atoms with Crippen LogP contribution in [0.4, 0.5) is 8.78 Å². The molecule has 2 atom stereocenters. The summed E-state index contributed by atoms with van der Waals surface area (Å²) < 4.78 is 33.0. The predicted molar refractivity (Wildman–Crippen MR) is 60.5 cm³/mol. The Bertz CT molecular complexity index is 380. The van der Waals surface area contributed by atoms with E-state index < -0.39 is 17.7 Å². The maximum Gasteiger partial charge on any atom is 0.131 e. The lowest BCUT2D eigenvalue weighted by molar-refractivity contribution is -0.0597. The molecule has 5 heteroatoms. The third-order valence-corrected chi connectivity index (χ3v) is 3.13. The van der Waals surface area contributed by atoms with Crippen LogP contribution >= 0.6 is 0 Å². The molecule has 2 unspecified atom stereocenters. The highest BCUT2D eigenvalue weighted by Crippen LogP contribution is 2.31. The number of hydrogen-bond acceptors (Lipinski definition) is 3. The van der Waals surface area contributed by atoms with Crippen LogP contribution in [0.15, 0.2) is 18.2 Å². The van der Waals surface area contributed by atoms with E-state index in [0.717, 1.165) is 0 Å². The predicted octanol–water partition coefficient (Wildman–Crippen LogP) is 1.30. The van der Waals surface area contributed by atoms with Gasteiger partial charge in [-0.1, -0.05) is 6.07 Å². The number of hydrogen-bond donors (Lipinski definition) is 1. The van der Waals surface area contributed by atoms with Crippen molar-refractivity contribution in [1.82, 2.24) is 4.90 Å². The standard InChI is InChI=1S/C12H16F2N2O/c1-16-5-6-17-10(7-15)12(16)11-8(13)3-2-4-9(11)14/h2-4,10,12H,5-7,15H2,1H3. The first-order valence-corrected chi connectivity index (χ1v) is 5.61. The summed E-state index contributed by atoms with van der Waals surface area (Å²) in [7, 11) is 1.82. The molecule has 1 heterocycles. The maximum absolute atomic E-state index is 13.8. The van der Waals surface area contributed by atoms with Gasteiger partial charge in [0, 0.05) is 18.7 Å². The number of nitrogens with two attached hydrogens (primary N) is 1. The molecule has 0 saturated carbocycles. The molecule has 3 nitrogen and oxygen atoms in total. The summed E-state index contributed by atoms with van der Waals surface area (Å²) in [6.45, 7) is 1.41. The van der Waals surface area contributed by atoms with E-state index in [1.54, 1.807) is 0 Å². The van der Waals surface area contributed by atoms with Gasteiger partial charge in [0.25, 0.3) is 0 Å². The fourth-order valence-corrected chi connectivity index (χ4v) is 2.26. The van der Waals surface area contributed by atoms with Gasteiger partial charge in [0.1, 0.15) is 11.6 Å². The summed E-state index contributed by atoms with van der Waals surface area (Å²) in [6, 6.07) is 3.41. The van der Waals surface area contributed by atoms with Crippen molar-refractivity contribution in [3.63, 3.8) is 0 Å². The lowest BCUT2D eigenvalue weighted by Gasteiger charge is -2.39. The van der Waals surface area contributed by atoms with Crippen molar-refractivity contribution in [2.75, 3.05) is 26.7 Å². The molecule has 0 spiro atoms. The van der Waals surface area contributed by atoms with Gasteiger partial charge in [-0.15, -0.1) is 0 Å². The van der Waals surface area contributed by atoms with E-state index in [2.05, 4.69) is 0 Å². The molecule has 1 aromatic rings. The minimum Gasteiger partial charge on any atom is -0.374 e. The van der Waals surface area contributed by atoms with Gasteiger partial charge in [-0.2, -0.15) is 0 Å². The largest absolute Gasteiger partial charge is 0.374 e. The Balaban J connectivity index is 2.41. The van der Waals surface area contributed by atoms with Crippen molar-refractivity contribution in [2.45, 2.75) is 12.1 Å². The lowest BCUT2D eigenvalue weighted by Crippen LogP contribution is -2.47. The number of nitrogens with zero attached hydrogens (tertiary/aromatic N) is 1. The highest BCUT2D eigenvalue weighted by molar-refractivity contribution is 5.25. The number of ether oxygens (including phenoxy) is 1. The molecule has 94 valence electrons. The second-order valence-corrected chi connectivity index (χ2v) is 4.21. The number of rotatable bonds is 2. The molecule has 2 N–H and O–H groups in total. The quantitative estimate of drug-likeness (QED) is 0.849. The Hall–Kier alpha value is -1.04. The lowest BCUT2D eigenvalue weighted by atomic mass is 9.97. The number of halogens is 2. The van der Waals surface area contributed by atoms with Crippen LogP contribution in [-0.2, 0) is 4.74 Å². The molecule has 1 saturated heterocycles. The summed E-state index contributed by atoms with van der Waals surface area (Å²) in [6.07, 6.45) is -0.375. The Kier molecular flexibility index (Phi) is 3.71. The SMILES string of the molecule is CN1CCOC(CN)C1c1c(F)cccc1F.